The third-order valence-electron chi connectivity index (χ3n) is 3.52. The average molecular weight is 351 g/mol. The second-order valence-corrected chi connectivity index (χ2v) is 6.82. The van der Waals surface area contributed by atoms with E-state index in [9.17, 15) is 0 Å². The van der Waals surface area contributed by atoms with Crippen molar-refractivity contribution in [1.82, 2.24) is 14.8 Å². The Morgan fingerprint density at radius 3 is 2.43 bits per heavy atom. The first-order valence-electron chi connectivity index (χ1n) is 7.27. The summed E-state index contributed by atoms with van der Waals surface area (Å²) in [6, 6.07) is 4.22. The van der Waals surface area contributed by atoms with E-state index in [1.807, 2.05) is 4.68 Å². The summed E-state index contributed by atoms with van der Waals surface area (Å²) >= 11 is 3.59. The second kappa shape index (κ2) is 6.71. The largest absolute Gasteiger partial charge is 0.324 e. The van der Waals surface area contributed by atoms with Crippen LogP contribution in [0.4, 0.5) is 0 Å². The van der Waals surface area contributed by atoms with Gasteiger partial charge in [-0.2, -0.15) is 5.10 Å². The van der Waals surface area contributed by atoms with Gasteiger partial charge >= 0.3 is 0 Å². The first-order valence-corrected chi connectivity index (χ1v) is 8.06. The van der Waals surface area contributed by atoms with Gasteiger partial charge in [0.1, 0.15) is 12.2 Å². The van der Waals surface area contributed by atoms with E-state index >= 15 is 0 Å². The number of benzene rings is 1. The van der Waals surface area contributed by atoms with E-state index in [-0.39, 0.29) is 6.04 Å². The molecule has 0 radical (unpaired) electrons. The number of hydrogen-bond donors (Lipinski definition) is 1. The maximum Gasteiger partial charge on any atom is 0.138 e. The van der Waals surface area contributed by atoms with Crippen molar-refractivity contribution in [1.29, 1.82) is 0 Å². The van der Waals surface area contributed by atoms with Crippen LogP contribution in [0.15, 0.2) is 22.9 Å². The Balaban J connectivity index is 2.18. The molecule has 0 aliphatic rings. The molecular formula is C16H23BrN4. The Hall–Kier alpha value is -1.20. The zero-order valence-electron chi connectivity index (χ0n) is 13.1. The quantitative estimate of drug-likeness (QED) is 0.896. The Kier molecular flexibility index (Phi) is 5.17. The molecule has 0 spiro atoms. The number of rotatable bonds is 5. The summed E-state index contributed by atoms with van der Waals surface area (Å²) in [5, 5.41) is 4.29. The minimum Gasteiger partial charge on any atom is -0.324 e. The van der Waals surface area contributed by atoms with Gasteiger partial charge in [-0.05, 0) is 36.5 Å². The van der Waals surface area contributed by atoms with Gasteiger partial charge in [-0.1, -0.05) is 41.9 Å². The maximum absolute atomic E-state index is 6.38. The molecule has 0 aliphatic heterocycles. The van der Waals surface area contributed by atoms with E-state index in [2.05, 4.69) is 65.8 Å². The smallest absolute Gasteiger partial charge is 0.138 e. The van der Waals surface area contributed by atoms with Crippen LogP contribution in [-0.2, 0) is 13.0 Å². The molecule has 2 N–H and O–H groups in total. The number of nitrogens with zero attached hydrogens (tertiary/aromatic N) is 3. The fraction of sp³-hybridized carbons (Fsp3) is 0.500. The van der Waals surface area contributed by atoms with Gasteiger partial charge in [-0.25, -0.2) is 9.67 Å². The summed E-state index contributed by atoms with van der Waals surface area (Å²) in [5.74, 6) is 1.49. The monoisotopic (exact) mass is 350 g/mol. The highest BCUT2D eigenvalue weighted by atomic mass is 79.9. The minimum atomic E-state index is -0.0642. The summed E-state index contributed by atoms with van der Waals surface area (Å²) in [5.41, 5.74) is 9.95. The molecule has 0 saturated carbocycles. The summed E-state index contributed by atoms with van der Waals surface area (Å²) in [7, 11) is 0. The molecule has 1 heterocycles. The first-order chi connectivity index (χ1) is 9.88. The molecule has 0 bridgehead atoms. The van der Waals surface area contributed by atoms with Crippen LogP contribution in [0.3, 0.4) is 0 Å². The number of hydrogen-bond acceptors (Lipinski definition) is 3. The van der Waals surface area contributed by atoms with Crippen molar-refractivity contribution < 1.29 is 0 Å². The van der Waals surface area contributed by atoms with Crippen molar-refractivity contribution in [3.63, 3.8) is 0 Å². The topological polar surface area (TPSA) is 56.7 Å². The van der Waals surface area contributed by atoms with E-state index in [4.69, 9.17) is 5.73 Å². The molecule has 0 saturated heterocycles. The van der Waals surface area contributed by atoms with Crippen LogP contribution in [0.2, 0.25) is 0 Å². The standard InChI is InChI=1S/C16H23BrN4/c1-10(2)8-21-15(19-9-20-21)7-14(18)13-5-11(3)16(17)12(4)6-13/h5-6,9-10,14H,7-8,18H2,1-4H3. The van der Waals surface area contributed by atoms with Gasteiger partial charge in [0.15, 0.2) is 0 Å². The van der Waals surface area contributed by atoms with Crippen LogP contribution in [0.25, 0.3) is 0 Å². The van der Waals surface area contributed by atoms with Crippen LogP contribution in [0.1, 0.15) is 42.4 Å². The highest BCUT2D eigenvalue weighted by Gasteiger charge is 2.14. The van der Waals surface area contributed by atoms with Crippen LogP contribution in [-0.4, -0.2) is 14.8 Å². The van der Waals surface area contributed by atoms with Crippen molar-refractivity contribution in [3.8, 4) is 0 Å². The molecule has 114 valence electrons. The van der Waals surface area contributed by atoms with Crippen molar-refractivity contribution in [2.75, 3.05) is 0 Å². The zero-order valence-corrected chi connectivity index (χ0v) is 14.7. The Morgan fingerprint density at radius 1 is 1.24 bits per heavy atom. The molecule has 1 aromatic carbocycles. The summed E-state index contributed by atoms with van der Waals surface area (Å²) in [4.78, 5) is 4.36. The van der Waals surface area contributed by atoms with E-state index < -0.39 is 0 Å². The summed E-state index contributed by atoms with van der Waals surface area (Å²) < 4.78 is 3.12. The van der Waals surface area contributed by atoms with Gasteiger partial charge in [0.05, 0.1) is 0 Å². The first kappa shape index (κ1) is 16.2. The summed E-state index contributed by atoms with van der Waals surface area (Å²) in [6.45, 7) is 9.41. The van der Waals surface area contributed by atoms with Crippen molar-refractivity contribution in [2.24, 2.45) is 11.7 Å². The molecular weight excluding hydrogens is 328 g/mol. The van der Waals surface area contributed by atoms with Crippen LogP contribution in [0.5, 0.6) is 0 Å². The van der Waals surface area contributed by atoms with Crippen LogP contribution < -0.4 is 5.73 Å². The predicted octanol–water partition coefficient (Wildman–Crippen LogP) is 3.56. The number of aromatic nitrogens is 3. The van der Waals surface area contributed by atoms with Gasteiger partial charge in [0.2, 0.25) is 0 Å². The second-order valence-electron chi connectivity index (χ2n) is 6.03. The molecule has 1 unspecified atom stereocenters. The van der Waals surface area contributed by atoms with Gasteiger partial charge in [0, 0.05) is 23.5 Å². The van der Waals surface area contributed by atoms with Crippen molar-refractivity contribution >= 4 is 15.9 Å². The lowest BCUT2D eigenvalue weighted by atomic mass is 9.99. The fourth-order valence-electron chi connectivity index (χ4n) is 2.45. The van der Waals surface area contributed by atoms with Crippen molar-refractivity contribution in [2.45, 2.75) is 46.7 Å². The highest BCUT2D eigenvalue weighted by molar-refractivity contribution is 9.10. The fourth-order valence-corrected chi connectivity index (χ4v) is 2.68. The normalized spacial score (nSPS) is 12.9. The third kappa shape index (κ3) is 3.92. The lowest BCUT2D eigenvalue weighted by molar-refractivity contribution is 0.459. The average Bonchev–Trinajstić information content (AvgIpc) is 2.81. The van der Waals surface area contributed by atoms with E-state index in [1.54, 1.807) is 6.33 Å². The van der Waals surface area contributed by atoms with E-state index in [0.717, 1.165) is 22.4 Å². The molecule has 4 nitrogen and oxygen atoms in total. The molecule has 1 atom stereocenters. The van der Waals surface area contributed by atoms with Gasteiger partial charge < -0.3 is 5.73 Å². The Labute approximate surface area is 134 Å². The van der Waals surface area contributed by atoms with Gasteiger partial charge in [0.25, 0.3) is 0 Å². The van der Waals surface area contributed by atoms with E-state index in [0.29, 0.717) is 12.3 Å². The minimum absolute atomic E-state index is 0.0642. The molecule has 5 heteroatoms. The molecule has 0 amide bonds. The zero-order chi connectivity index (χ0) is 15.6. The third-order valence-corrected chi connectivity index (χ3v) is 4.77. The highest BCUT2D eigenvalue weighted by Crippen LogP contribution is 2.26. The molecule has 2 aromatic rings. The van der Waals surface area contributed by atoms with Crippen molar-refractivity contribution in [3.05, 3.63) is 45.4 Å². The van der Waals surface area contributed by atoms with Gasteiger partial charge in [-0.15, -0.1) is 0 Å². The van der Waals surface area contributed by atoms with Crippen LogP contribution >= 0.6 is 15.9 Å². The molecule has 2 rings (SSSR count). The molecule has 21 heavy (non-hydrogen) atoms. The molecule has 0 fully saturated rings. The SMILES string of the molecule is Cc1cc(C(N)Cc2ncnn2CC(C)C)cc(C)c1Br. The van der Waals surface area contributed by atoms with Crippen LogP contribution in [0, 0.1) is 19.8 Å². The Morgan fingerprint density at radius 2 is 1.86 bits per heavy atom. The van der Waals surface area contributed by atoms with E-state index in [1.165, 1.54) is 11.1 Å². The Bertz CT molecular complexity index is 595. The molecule has 0 aliphatic carbocycles. The molecule has 1 aromatic heterocycles. The lowest BCUT2D eigenvalue weighted by Crippen LogP contribution is -2.18. The summed E-state index contributed by atoms with van der Waals surface area (Å²) in [6.07, 6.45) is 2.32. The number of nitrogens with two attached hydrogens (primary N) is 1. The number of halogens is 1. The lowest BCUT2D eigenvalue weighted by Gasteiger charge is -2.16. The number of aryl methyl sites for hydroxylation is 2. The van der Waals surface area contributed by atoms with Gasteiger partial charge in [-0.3, -0.25) is 0 Å². The predicted molar refractivity (Wildman–Crippen MR) is 89.1 cm³/mol. The maximum atomic E-state index is 6.38.